The lowest BCUT2D eigenvalue weighted by Gasteiger charge is -1.93. The lowest BCUT2D eigenvalue weighted by Crippen LogP contribution is -1.83. The summed E-state index contributed by atoms with van der Waals surface area (Å²) in [7, 11) is 0. The van der Waals surface area contributed by atoms with E-state index in [1.54, 1.807) is 11.8 Å². The number of thiazole rings is 1. The molecule has 2 N–H and O–H groups in total. The van der Waals surface area contributed by atoms with E-state index in [1.807, 2.05) is 37.3 Å². The molecule has 0 bridgehead atoms. The fourth-order valence-electron chi connectivity index (χ4n) is 1.68. The zero-order valence-corrected chi connectivity index (χ0v) is 12.4. The second kappa shape index (κ2) is 5.64. The molecule has 0 radical (unpaired) electrons. The fraction of sp³-hybridized carbons (Fsp3) is 0.154. The van der Waals surface area contributed by atoms with Gasteiger partial charge in [-0.25, -0.2) is 4.98 Å². The Kier molecular flexibility index (Phi) is 3.70. The molecular formula is C13H12N4OS2. The number of hydrogen-bond acceptors (Lipinski definition) is 7. The first kappa shape index (κ1) is 13.1. The van der Waals surface area contributed by atoms with Crippen LogP contribution in [0.4, 0.5) is 5.13 Å². The van der Waals surface area contributed by atoms with Crippen molar-refractivity contribution in [3.8, 4) is 11.4 Å². The number of nitrogens with two attached hydrogens (primary N) is 1. The van der Waals surface area contributed by atoms with Gasteiger partial charge in [0.25, 0.3) is 0 Å². The molecule has 0 saturated carbocycles. The highest BCUT2D eigenvalue weighted by Crippen LogP contribution is 2.32. The highest BCUT2D eigenvalue weighted by molar-refractivity contribution is 8.00. The van der Waals surface area contributed by atoms with Crippen molar-refractivity contribution in [2.75, 3.05) is 5.73 Å². The van der Waals surface area contributed by atoms with Gasteiger partial charge in [-0.15, -0.1) is 11.8 Å². The molecule has 0 aliphatic carbocycles. The number of benzene rings is 1. The Labute approximate surface area is 124 Å². The van der Waals surface area contributed by atoms with Crippen LogP contribution in [-0.2, 0) is 5.75 Å². The lowest BCUT2D eigenvalue weighted by molar-refractivity contribution is 0.391. The molecule has 0 aliphatic heterocycles. The molecule has 5 nitrogen and oxygen atoms in total. The van der Waals surface area contributed by atoms with Crippen molar-refractivity contribution in [1.82, 2.24) is 15.1 Å². The molecule has 0 aliphatic rings. The Balaban J connectivity index is 1.70. The molecule has 20 heavy (non-hydrogen) atoms. The van der Waals surface area contributed by atoms with Gasteiger partial charge in [-0.2, -0.15) is 4.98 Å². The summed E-state index contributed by atoms with van der Waals surface area (Å²) in [5.41, 5.74) is 7.57. The summed E-state index contributed by atoms with van der Waals surface area (Å²) in [6, 6.07) is 9.76. The van der Waals surface area contributed by atoms with Gasteiger partial charge in [0.15, 0.2) is 5.13 Å². The highest BCUT2D eigenvalue weighted by atomic mass is 32.2. The average molecular weight is 304 g/mol. The zero-order chi connectivity index (χ0) is 13.9. The van der Waals surface area contributed by atoms with Crippen molar-refractivity contribution < 1.29 is 4.52 Å². The molecule has 3 rings (SSSR count). The number of rotatable bonds is 4. The predicted octanol–water partition coefficient (Wildman–Crippen LogP) is 3.38. The first-order chi connectivity index (χ1) is 9.72. The normalized spacial score (nSPS) is 10.8. The van der Waals surface area contributed by atoms with E-state index in [0.717, 1.165) is 15.5 Å². The van der Waals surface area contributed by atoms with E-state index in [4.69, 9.17) is 10.3 Å². The van der Waals surface area contributed by atoms with Gasteiger partial charge < -0.3 is 10.3 Å². The summed E-state index contributed by atoms with van der Waals surface area (Å²) in [5, 5.41) is 4.57. The van der Waals surface area contributed by atoms with Crippen molar-refractivity contribution in [3.63, 3.8) is 0 Å². The van der Waals surface area contributed by atoms with Crippen LogP contribution in [0.15, 0.2) is 39.1 Å². The molecule has 0 unspecified atom stereocenters. The van der Waals surface area contributed by atoms with Gasteiger partial charge in [-0.1, -0.05) is 46.8 Å². The zero-order valence-electron chi connectivity index (χ0n) is 10.7. The molecule has 0 atom stereocenters. The second-order valence-corrected chi connectivity index (χ2v) is 6.37. The van der Waals surface area contributed by atoms with Crippen LogP contribution in [0.2, 0.25) is 0 Å². The second-order valence-electron chi connectivity index (χ2n) is 4.09. The van der Waals surface area contributed by atoms with Crippen LogP contribution in [0.5, 0.6) is 0 Å². The minimum Gasteiger partial charge on any atom is -0.375 e. The Morgan fingerprint density at radius 2 is 2.05 bits per heavy atom. The van der Waals surface area contributed by atoms with Crippen LogP contribution in [0, 0.1) is 6.92 Å². The maximum Gasteiger partial charge on any atom is 0.237 e. The Morgan fingerprint density at radius 1 is 1.25 bits per heavy atom. The smallest absolute Gasteiger partial charge is 0.237 e. The molecular weight excluding hydrogens is 292 g/mol. The van der Waals surface area contributed by atoms with Crippen LogP contribution in [-0.4, -0.2) is 15.1 Å². The standard InChI is InChI=1S/C13H12N4OS2/c1-8-12(20-13(14)15-8)19-7-10-16-11(17-18-10)9-5-3-2-4-6-9/h2-6H,7H2,1H3,(H2,14,15). The monoisotopic (exact) mass is 304 g/mol. The van der Waals surface area contributed by atoms with Gasteiger partial charge in [-0.05, 0) is 6.92 Å². The number of hydrogen-bond donors (Lipinski definition) is 1. The molecule has 0 saturated heterocycles. The van der Waals surface area contributed by atoms with Gasteiger partial charge in [0.1, 0.15) is 0 Å². The Bertz CT molecular complexity index is 708. The summed E-state index contributed by atoms with van der Waals surface area (Å²) in [5.74, 6) is 1.82. The topological polar surface area (TPSA) is 77.8 Å². The number of nitrogens with zero attached hydrogens (tertiary/aromatic N) is 3. The van der Waals surface area contributed by atoms with Crippen LogP contribution in [0.25, 0.3) is 11.4 Å². The summed E-state index contributed by atoms with van der Waals surface area (Å²) in [4.78, 5) is 8.57. The third-order valence-corrected chi connectivity index (χ3v) is 4.93. The van der Waals surface area contributed by atoms with Gasteiger partial charge in [-0.3, -0.25) is 0 Å². The van der Waals surface area contributed by atoms with Crippen molar-refractivity contribution in [3.05, 3.63) is 41.9 Å². The largest absolute Gasteiger partial charge is 0.375 e. The average Bonchev–Trinajstić information content (AvgIpc) is 3.04. The molecule has 3 aromatic rings. The quantitative estimate of drug-likeness (QED) is 0.744. The Hall–Kier alpha value is -1.86. The molecule has 0 amide bonds. The van der Waals surface area contributed by atoms with Crippen LogP contribution in [0.3, 0.4) is 0 Å². The van der Waals surface area contributed by atoms with E-state index in [2.05, 4.69) is 15.1 Å². The van der Waals surface area contributed by atoms with Crippen molar-refractivity contribution >= 4 is 28.2 Å². The summed E-state index contributed by atoms with van der Waals surface area (Å²) >= 11 is 3.09. The van der Waals surface area contributed by atoms with E-state index < -0.39 is 0 Å². The van der Waals surface area contributed by atoms with E-state index in [0.29, 0.717) is 22.6 Å². The van der Waals surface area contributed by atoms with Crippen LogP contribution < -0.4 is 5.73 Å². The van der Waals surface area contributed by atoms with E-state index in [1.165, 1.54) is 11.3 Å². The summed E-state index contributed by atoms with van der Waals surface area (Å²) in [6.07, 6.45) is 0. The third-order valence-electron chi connectivity index (χ3n) is 2.60. The third kappa shape index (κ3) is 2.83. The number of aryl methyl sites for hydroxylation is 1. The molecule has 0 fully saturated rings. The molecule has 0 spiro atoms. The molecule has 1 aromatic carbocycles. The maximum absolute atomic E-state index is 5.67. The SMILES string of the molecule is Cc1nc(N)sc1SCc1nc(-c2ccccc2)no1. The van der Waals surface area contributed by atoms with Gasteiger partial charge in [0.2, 0.25) is 11.7 Å². The van der Waals surface area contributed by atoms with Gasteiger partial charge >= 0.3 is 0 Å². The fourth-order valence-corrected chi connectivity index (χ4v) is 3.54. The first-order valence-electron chi connectivity index (χ1n) is 5.96. The molecule has 102 valence electrons. The van der Waals surface area contributed by atoms with Crippen molar-refractivity contribution in [2.45, 2.75) is 16.9 Å². The van der Waals surface area contributed by atoms with Gasteiger partial charge in [0, 0.05) is 5.56 Å². The predicted molar refractivity (Wildman–Crippen MR) is 80.6 cm³/mol. The number of thioether (sulfide) groups is 1. The minimum absolute atomic E-state index is 0.584. The van der Waals surface area contributed by atoms with E-state index >= 15 is 0 Å². The minimum atomic E-state index is 0.584. The molecule has 7 heteroatoms. The molecule has 2 heterocycles. The number of anilines is 1. The highest BCUT2D eigenvalue weighted by Gasteiger charge is 2.11. The Morgan fingerprint density at radius 3 is 2.75 bits per heavy atom. The summed E-state index contributed by atoms with van der Waals surface area (Å²) in [6.45, 7) is 1.94. The summed E-state index contributed by atoms with van der Waals surface area (Å²) < 4.78 is 6.34. The van der Waals surface area contributed by atoms with Crippen molar-refractivity contribution in [2.24, 2.45) is 0 Å². The van der Waals surface area contributed by atoms with E-state index in [-0.39, 0.29) is 0 Å². The lowest BCUT2D eigenvalue weighted by atomic mass is 10.2. The number of nitrogen functional groups attached to an aromatic ring is 1. The number of aromatic nitrogens is 3. The van der Waals surface area contributed by atoms with Crippen LogP contribution >= 0.6 is 23.1 Å². The van der Waals surface area contributed by atoms with Gasteiger partial charge in [0.05, 0.1) is 15.7 Å². The van der Waals surface area contributed by atoms with Crippen LogP contribution in [0.1, 0.15) is 11.6 Å². The molecule has 2 aromatic heterocycles. The van der Waals surface area contributed by atoms with Crippen molar-refractivity contribution in [1.29, 1.82) is 0 Å². The first-order valence-corrected chi connectivity index (χ1v) is 7.76. The maximum atomic E-state index is 5.67. The van der Waals surface area contributed by atoms with E-state index in [9.17, 15) is 0 Å².